The summed E-state index contributed by atoms with van der Waals surface area (Å²) in [5.74, 6) is -1.60. The summed E-state index contributed by atoms with van der Waals surface area (Å²) in [5.41, 5.74) is -1.52. The highest BCUT2D eigenvalue weighted by Crippen LogP contribution is 2.32. The van der Waals surface area contributed by atoms with Gasteiger partial charge in [-0.3, -0.25) is 0 Å². The number of aliphatic hydroxyl groups excluding tert-OH is 2. The number of aromatic hydroxyl groups is 1. The quantitative estimate of drug-likeness (QED) is 0.272. The Kier molecular flexibility index (Phi) is 8.22. The van der Waals surface area contributed by atoms with Crippen LogP contribution >= 0.6 is 0 Å². The highest BCUT2D eigenvalue weighted by Gasteiger charge is 2.51. The number of carbonyl (C=O) groups excluding carboxylic acids is 2. The maximum Gasteiger partial charge on any atom is 0.338 e. The standard InChI is InChI=1S/C21H28O9/c1-3-4-9-29-20(26)21(27)11-15(23)19(25)17(12-21)30-18(24)8-6-13-5-7-14(22)16(10-13)28-2/h5-8,10,15,17,19,22-23,25,27H,3-4,9,11-12H2,1-2H3/t15-,17-,19-,21+/m1/s1. The molecular formula is C21H28O9. The molecule has 9 nitrogen and oxygen atoms in total. The molecule has 2 rings (SSSR count). The molecule has 0 bridgehead atoms. The van der Waals surface area contributed by atoms with Crippen LogP contribution in [0.3, 0.4) is 0 Å². The molecule has 9 heteroatoms. The molecule has 1 aliphatic carbocycles. The summed E-state index contributed by atoms with van der Waals surface area (Å²) in [5, 5.41) is 40.4. The number of phenolic OH excluding ortho intramolecular Hbond substituents is 1. The van der Waals surface area contributed by atoms with Gasteiger partial charge in [0.1, 0.15) is 12.2 Å². The molecule has 0 unspecified atom stereocenters. The minimum absolute atomic E-state index is 0.0540. The van der Waals surface area contributed by atoms with Crippen LogP contribution in [0.5, 0.6) is 11.5 Å². The van der Waals surface area contributed by atoms with Crippen LogP contribution in [0.1, 0.15) is 38.2 Å². The molecule has 0 aliphatic heterocycles. The second-order valence-electron chi connectivity index (χ2n) is 7.23. The summed E-state index contributed by atoms with van der Waals surface area (Å²) < 4.78 is 15.2. The Bertz CT molecular complexity index is 776. The van der Waals surface area contributed by atoms with Gasteiger partial charge in [0.05, 0.1) is 19.8 Å². The maximum absolute atomic E-state index is 12.2. The largest absolute Gasteiger partial charge is 0.504 e. The summed E-state index contributed by atoms with van der Waals surface area (Å²) in [6.45, 7) is 2.04. The van der Waals surface area contributed by atoms with Crippen LogP contribution in [0.15, 0.2) is 24.3 Å². The molecule has 0 spiro atoms. The normalized spacial score (nSPS) is 26.4. The van der Waals surface area contributed by atoms with Crippen molar-refractivity contribution >= 4 is 18.0 Å². The number of methoxy groups -OCH3 is 1. The van der Waals surface area contributed by atoms with Crippen LogP contribution in [0.4, 0.5) is 0 Å². The average molecular weight is 424 g/mol. The van der Waals surface area contributed by atoms with E-state index in [2.05, 4.69) is 0 Å². The SMILES string of the molecule is CCCCOC(=O)[C@]1(O)C[C@@H](O)[C@@H](O)[C@H](OC(=O)C=Cc2ccc(O)c(OC)c2)C1. The van der Waals surface area contributed by atoms with Gasteiger partial charge >= 0.3 is 11.9 Å². The number of benzene rings is 1. The lowest BCUT2D eigenvalue weighted by molar-refractivity contribution is -0.200. The van der Waals surface area contributed by atoms with E-state index >= 15 is 0 Å². The predicted octanol–water partition coefficient (Wildman–Crippen LogP) is 0.916. The number of hydrogen-bond acceptors (Lipinski definition) is 9. The Balaban J connectivity index is 2.04. The Morgan fingerprint density at radius 2 is 2.00 bits per heavy atom. The lowest BCUT2D eigenvalue weighted by Crippen LogP contribution is -2.57. The molecule has 1 aromatic carbocycles. The molecule has 0 saturated heterocycles. The first-order valence-corrected chi connectivity index (χ1v) is 9.71. The van der Waals surface area contributed by atoms with E-state index in [1.54, 1.807) is 6.07 Å². The van der Waals surface area contributed by atoms with Gasteiger partial charge < -0.3 is 34.6 Å². The van der Waals surface area contributed by atoms with Crippen molar-refractivity contribution in [2.75, 3.05) is 13.7 Å². The minimum atomic E-state index is -2.06. The summed E-state index contributed by atoms with van der Waals surface area (Å²) in [6, 6.07) is 4.45. The van der Waals surface area contributed by atoms with Crippen LogP contribution < -0.4 is 4.74 Å². The van der Waals surface area contributed by atoms with Crippen molar-refractivity contribution < 1.29 is 44.2 Å². The first kappa shape index (κ1) is 23.7. The van der Waals surface area contributed by atoms with E-state index in [0.29, 0.717) is 12.0 Å². The molecule has 4 N–H and O–H groups in total. The molecule has 0 heterocycles. The Hall–Kier alpha value is -2.62. The third-order valence-corrected chi connectivity index (χ3v) is 4.86. The third-order valence-electron chi connectivity index (χ3n) is 4.86. The van der Waals surface area contributed by atoms with Gasteiger partial charge in [0, 0.05) is 18.9 Å². The van der Waals surface area contributed by atoms with Gasteiger partial charge in [0.25, 0.3) is 0 Å². The van der Waals surface area contributed by atoms with Gasteiger partial charge in [-0.1, -0.05) is 19.4 Å². The Morgan fingerprint density at radius 1 is 1.27 bits per heavy atom. The van der Waals surface area contributed by atoms with Gasteiger partial charge in [0.2, 0.25) is 0 Å². The second kappa shape index (κ2) is 10.4. The zero-order chi connectivity index (χ0) is 22.3. The summed E-state index contributed by atoms with van der Waals surface area (Å²) >= 11 is 0. The number of phenols is 1. The van der Waals surface area contributed by atoms with E-state index in [-0.39, 0.29) is 18.1 Å². The van der Waals surface area contributed by atoms with E-state index in [1.807, 2.05) is 6.92 Å². The zero-order valence-corrected chi connectivity index (χ0v) is 17.0. The molecule has 0 aromatic heterocycles. The van der Waals surface area contributed by atoms with Gasteiger partial charge in [-0.15, -0.1) is 0 Å². The van der Waals surface area contributed by atoms with Gasteiger partial charge in [-0.05, 0) is 30.2 Å². The molecule has 0 amide bonds. The lowest BCUT2D eigenvalue weighted by Gasteiger charge is -2.39. The number of unbranched alkanes of at least 4 members (excludes halogenated alkanes) is 1. The molecule has 1 fully saturated rings. The van der Waals surface area contributed by atoms with Gasteiger partial charge in [-0.2, -0.15) is 0 Å². The molecule has 1 aliphatic rings. The van der Waals surface area contributed by atoms with E-state index in [4.69, 9.17) is 14.2 Å². The van der Waals surface area contributed by atoms with Crippen molar-refractivity contribution in [1.82, 2.24) is 0 Å². The molecule has 30 heavy (non-hydrogen) atoms. The van der Waals surface area contributed by atoms with Crippen molar-refractivity contribution in [2.24, 2.45) is 0 Å². The van der Waals surface area contributed by atoms with Crippen LogP contribution in [0.25, 0.3) is 6.08 Å². The number of rotatable bonds is 8. The summed E-state index contributed by atoms with van der Waals surface area (Å²) in [7, 11) is 1.39. The van der Waals surface area contributed by atoms with Gasteiger partial charge in [-0.25, -0.2) is 9.59 Å². The maximum atomic E-state index is 12.2. The van der Waals surface area contributed by atoms with Crippen LogP contribution in [0, 0.1) is 0 Å². The highest BCUT2D eigenvalue weighted by atomic mass is 16.6. The monoisotopic (exact) mass is 424 g/mol. The first-order chi connectivity index (χ1) is 14.2. The number of carbonyl (C=O) groups is 2. The van der Waals surface area contributed by atoms with E-state index < -0.39 is 48.7 Å². The molecule has 1 aromatic rings. The molecule has 4 atom stereocenters. The van der Waals surface area contributed by atoms with Crippen molar-refractivity contribution in [3.05, 3.63) is 29.8 Å². The topological polar surface area (TPSA) is 143 Å². The molecule has 0 radical (unpaired) electrons. The smallest absolute Gasteiger partial charge is 0.338 e. The average Bonchev–Trinajstić information content (AvgIpc) is 2.71. The highest BCUT2D eigenvalue weighted by molar-refractivity contribution is 5.87. The van der Waals surface area contributed by atoms with Gasteiger partial charge in [0.15, 0.2) is 17.1 Å². The second-order valence-corrected chi connectivity index (χ2v) is 7.23. The number of hydrogen-bond donors (Lipinski definition) is 4. The predicted molar refractivity (Wildman–Crippen MR) is 106 cm³/mol. The summed E-state index contributed by atoms with van der Waals surface area (Å²) in [4.78, 5) is 24.4. The first-order valence-electron chi connectivity index (χ1n) is 9.71. The van der Waals surface area contributed by atoms with Crippen LogP contribution in [0.2, 0.25) is 0 Å². The Labute approximate surface area is 174 Å². The van der Waals surface area contributed by atoms with E-state index in [1.165, 1.54) is 25.3 Å². The molecule has 1 saturated carbocycles. The van der Waals surface area contributed by atoms with E-state index in [0.717, 1.165) is 12.5 Å². The number of ether oxygens (including phenoxy) is 3. The lowest BCUT2D eigenvalue weighted by atomic mass is 9.79. The fraction of sp³-hybridized carbons (Fsp3) is 0.524. The van der Waals surface area contributed by atoms with Crippen LogP contribution in [-0.4, -0.2) is 70.0 Å². The van der Waals surface area contributed by atoms with E-state index in [9.17, 15) is 30.0 Å². The summed E-state index contributed by atoms with van der Waals surface area (Å²) in [6.07, 6.45) is -1.14. The molecular weight excluding hydrogens is 396 g/mol. The fourth-order valence-electron chi connectivity index (χ4n) is 3.12. The number of esters is 2. The van der Waals surface area contributed by atoms with Crippen molar-refractivity contribution in [3.63, 3.8) is 0 Å². The van der Waals surface area contributed by atoms with Crippen LogP contribution in [-0.2, 0) is 19.1 Å². The third kappa shape index (κ3) is 5.94. The van der Waals surface area contributed by atoms with Crippen molar-refractivity contribution in [2.45, 2.75) is 56.5 Å². The Morgan fingerprint density at radius 3 is 2.67 bits per heavy atom. The molecule has 166 valence electrons. The van der Waals surface area contributed by atoms with Crippen molar-refractivity contribution in [3.8, 4) is 11.5 Å². The zero-order valence-electron chi connectivity index (χ0n) is 17.0. The van der Waals surface area contributed by atoms with Crippen molar-refractivity contribution in [1.29, 1.82) is 0 Å². The minimum Gasteiger partial charge on any atom is -0.504 e. The number of aliphatic hydroxyl groups is 3. The fourth-order valence-corrected chi connectivity index (χ4v) is 3.12.